The van der Waals surface area contributed by atoms with Gasteiger partial charge in [0.05, 0.1) is 25.4 Å². The van der Waals surface area contributed by atoms with Crippen LogP contribution in [0.5, 0.6) is 0 Å². The molecular weight excluding hydrogens is 414 g/mol. The summed E-state index contributed by atoms with van der Waals surface area (Å²) in [6.45, 7) is 1.60. The molecule has 1 fully saturated rings. The number of hydrogen-bond acceptors (Lipinski definition) is 8. The molecule has 190 valence electrons. The smallest absolute Gasteiger partial charge is 0.186 e. The van der Waals surface area contributed by atoms with Gasteiger partial charge in [0.25, 0.3) is 0 Å². The van der Waals surface area contributed by atoms with Crippen molar-refractivity contribution in [2.24, 2.45) is 5.73 Å². The predicted molar refractivity (Wildman–Crippen MR) is 124 cm³/mol. The first-order valence-corrected chi connectivity index (χ1v) is 12.4. The van der Waals surface area contributed by atoms with Crippen molar-refractivity contribution in [1.29, 1.82) is 0 Å². The largest absolute Gasteiger partial charge is 0.394 e. The molecule has 8 heteroatoms. The third kappa shape index (κ3) is 11.5. The second-order valence-corrected chi connectivity index (χ2v) is 8.94. The zero-order valence-electron chi connectivity index (χ0n) is 19.7. The molecular formula is C24H47NO7. The molecule has 0 aromatic rings. The van der Waals surface area contributed by atoms with Gasteiger partial charge in [0, 0.05) is 0 Å². The summed E-state index contributed by atoms with van der Waals surface area (Å²) in [5.41, 5.74) is 5.93. The van der Waals surface area contributed by atoms with Gasteiger partial charge in [-0.15, -0.1) is 0 Å². The Labute approximate surface area is 193 Å². The maximum Gasteiger partial charge on any atom is 0.186 e. The van der Waals surface area contributed by atoms with Crippen molar-refractivity contribution in [2.45, 2.75) is 127 Å². The molecule has 1 saturated heterocycles. The highest BCUT2D eigenvalue weighted by atomic mass is 16.7. The van der Waals surface area contributed by atoms with E-state index in [-0.39, 0.29) is 6.61 Å². The fourth-order valence-electron chi connectivity index (χ4n) is 3.81. The highest BCUT2D eigenvalue weighted by Crippen LogP contribution is 2.22. The predicted octanol–water partition coefficient (Wildman–Crippen LogP) is 1.75. The Morgan fingerprint density at radius 1 is 0.875 bits per heavy atom. The summed E-state index contributed by atoms with van der Waals surface area (Å²) < 4.78 is 10.6. The van der Waals surface area contributed by atoms with Gasteiger partial charge in [0.1, 0.15) is 24.4 Å². The number of aliphatic hydroxyl groups excluding tert-OH is 5. The van der Waals surface area contributed by atoms with Crippen molar-refractivity contribution in [2.75, 3.05) is 13.2 Å². The minimum Gasteiger partial charge on any atom is -0.394 e. The first-order valence-electron chi connectivity index (χ1n) is 12.4. The molecule has 1 aliphatic heterocycles. The SMILES string of the molecule is CCCCCCCCCCCCC/C=C/[C@@H](O)[C@@H](N)CO[C@@H]1O[C@H](CO)C(O)C(O)C1O. The molecule has 0 radical (unpaired) electrons. The lowest BCUT2D eigenvalue weighted by Gasteiger charge is -2.39. The summed E-state index contributed by atoms with van der Waals surface area (Å²) in [4.78, 5) is 0. The molecule has 0 aromatic heterocycles. The molecule has 0 amide bonds. The number of allylic oxidation sites excluding steroid dienone is 1. The molecule has 8 nitrogen and oxygen atoms in total. The van der Waals surface area contributed by atoms with Gasteiger partial charge in [-0.25, -0.2) is 0 Å². The number of ether oxygens (including phenoxy) is 2. The second kappa shape index (κ2) is 17.8. The molecule has 0 spiro atoms. The highest BCUT2D eigenvalue weighted by Gasteiger charge is 2.44. The molecule has 0 saturated carbocycles. The van der Waals surface area contributed by atoms with Gasteiger partial charge in [0.2, 0.25) is 0 Å². The van der Waals surface area contributed by atoms with Gasteiger partial charge in [0.15, 0.2) is 6.29 Å². The van der Waals surface area contributed by atoms with E-state index in [1.807, 2.05) is 6.08 Å². The number of hydrogen-bond donors (Lipinski definition) is 6. The Morgan fingerprint density at radius 2 is 1.44 bits per heavy atom. The normalized spacial score (nSPS) is 28.3. The lowest BCUT2D eigenvalue weighted by Crippen LogP contribution is -2.59. The van der Waals surface area contributed by atoms with E-state index < -0.39 is 49.5 Å². The highest BCUT2D eigenvalue weighted by molar-refractivity contribution is 4.94. The molecule has 3 unspecified atom stereocenters. The van der Waals surface area contributed by atoms with Crippen LogP contribution in [0, 0.1) is 0 Å². The minimum absolute atomic E-state index is 0.118. The molecule has 7 atom stereocenters. The Hall–Kier alpha value is -0.580. The van der Waals surface area contributed by atoms with Crippen LogP contribution in [0.4, 0.5) is 0 Å². The van der Waals surface area contributed by atoms with Crippen molar-refractivity contribution < 1.29 is 35.0 Å². The van der Waals surface area contributed by atoms with Crippen LogP contribution in [0.1, 0.15) is 84.0 Å². The fourth-order valence-corrected chi connectivity index (χ4v) is 3.81. The van der Waals surface area contributed by atoms with E-state index in [4.69, 9.17) is 15.2 Å². The summed E-state index contributed by atoms with van der Waals surface area (Å²) in [7, 11) is 0. The van der Waals surface area contributed by atoms with Crippen LogP contribution in [-0.4, -0.2) is 81.6 Å². The van der Waals surface area contributed by atoms with Crippen LogP contribution in [0.2, 0.25) is 0 Å². The molecule has 0 bridgehead atoms. The van der Waals surface area contributed by atoms with Crippen molar-refractivity contribution >= 4 is 0 Å². The standard InChI is InChI=1S/C24H47NO7/c1-2-3-4-5-6-7-8-9-10-11-12-13-14-15-19(27)18(25)17-31-24-23(30)22(29)21(28)20(16-26)32-24/h14-15,18-24,26-30H,2-13,16-17,25H2,1H3/b15-14+/t18-,19+,20+,21?,22?,23?,24+/m0/s1. The van der Waals surface area contributed by atoms with Gasteiger partial charge >= 0.3 is 0 Å². The molecule has 0 aromatic carbocycles. The van der Waals surface area contributed by atoms with E-state index in [0.29, 0.717) is 0 Å². The molecule has 1 heterocycles. The number of unbranched alkanes of at least 4 members (excludes halogenated alkanes) is 11. The van der Waals surface area contributed by atoms with Crippen LogP contribution in [0.15, 0.2) is 12.2 Å². The third-order valence-corrected chi connectivity index (χ3v) is 6.05. The van der Waals surface area contributed by atoms with E-state index in [9.17, 15) is 25.5 Å². The van der Waals surface area contributed by atoms with Crippen LogP contribution in [0.25, 0.3) is 0 Å². The topological polar surface area (TPSA) is 146 Å². The van der Waals surface area contributed by atoms with Crippen LogP contribution in [-0.2, 0) is 9.47 Å². The average Bonchev–Trinajstić information content (AvgIpc) is 2.79. The number of aliphatic hydroxyl groups is 5. The van der Waals surface area contributed by atoms with E-state index in [2.05, 4.69) is 6.92 Å². The van der Waals surface area contributed by atoms with Gasteiger partial charge in [-0.05, 0) is 12.8 Å². The lowest BCUT2D eigenvalue weighted by atomic mass is 9.99. The number of nitrogens with two attached hydrogens (primary N) is 1. The fraction of sp³-hybridized carbons (Fsp3) is 0.917. The zero-order valence-corrected chi connectivity index (χ0v) is 19.7. The Balaban J connectivity index is 2.10. The van der Waals surface area contributed by atoms with Crippen LogP contribution >= 0.6 is 0 Å². The van der Waals surface area contributed by atoms with E-state index in [0.717, 1.165) is 12.8 Å². The van der Waals surface area contributed by atoms with E-state index in [1.54, 1.807) is 6.08 Å². The van der Waals surface area contributed by atoms with Crippen molar-refractivity contribution in [1.82, 2.24) is 0 Å². The Morgan fingerprint density at radius 3 is 2.00 bits per heavy atom. The van der Waals surface area contributed by atoms with Gasteiger partial charge < -0.3 is 40.7 Å². The summed E-state index contributed by atoms with van der Waals surface area (Å²) in [6, 6.07) is -0.740. The quantitative estimate of drug-likeness (QED) is 0.134. The van der Waals surface area contributed by atoms with Crippen LogP contribution < -0.4 is 5.73 Å². The minimum atomic E-state index is -1.50. The summed E-state index contributed by atoms with van der Waals surface area (Å²) in [5, 5.41) is 48.8. The first kappa shape index (κ1) is 29.5. The molecule has 32 heavy (non-hydrogen) atoms. The van der Waals surface area contributed by atoms with Gasteiger partial charge in [-0.2, -0.15) is 0 Å². The van der Waals surface area contributed by atoms with Crippen molar-refractivity contribution in [3.05, 3.63) is 12.2 Å². The summed E-state index contributed by atoms with van der Waals surface area (Å²) in [6.07, 6.45) is 11.1. The zero-order chi connectivity index (χ0) is 23.8. The molecule has 0 aliphatic carbocycles. The van der Waals surface area contributed by atoms with E-state index in [1.165, 1.54) is 64.2 Å². The Bertz CT molecular complexity index is 477. The summed E-state index contributed by atoms with van der Waals surface area (Å²) in [5.74, 6) is 0. The summed E-state index contributed by atoms with van der Waals surface area (Å²) >= 11 is 0. The molecule has 7 N–H and O–H groups in total. The average molecular weight is 462 g/mol. The maximum absolute atomic E-state index is 10.2. The Kier molecular flexibility index (Phi) is 16.4. The number of rotatable bonds is 18. The first-order chi connectivity index (χ1) is 15.4. The molecule has 1 rings (SSSR count). The van der Waals surface area contributed by atoms with Crippen LogP contribution in [0.3, 0.4) is 0 Å². The van der Waals surface area contributed by atoms with Gasteiger partial charge in [-0.3, -0.25) is 0 Å². The molecule has 1 aliphatic rings. The lowest BCUT2D eigenvalue weighted by molar-refractivity contribution is -0.302. The van der Waals surface area contributed by atoms with Gasteiger partial charge in [-0.1, -0.05) is 83.3 Å². The van der Waals surface area contributed by atoms with Crippen molar-refractivity contribution in [3.63, 3.8) is 0 Å². The van der Waals surface area contributed by atoms with E-state index >= 15 is 0 Å². The second-order valence-electron chi connectivity index (χ2n) is 8.94. The maximum atomic E-state index is 10.2. The van der Waals surface area contributed by atoms with Crippen molar-refractivity contribution in [3.8, 4) is 0 Å². The third-order valence-electron chi connectivity index (χ3n) is 6.05. The monoisotopic (exact) mass is 461 g/mol.